The van der Waals surface area contributed by atoms with E-state index in [-0.39, 0.29) is 5.57 Å². The van der Waals surface area contributed by atoms with Gasteiger partial charge in [-0.05, 0) is 74.0 Å². The minimum Gasteiger partial charge on any atom is -0.192 e. The van der Waals surface area contributed by atoms with Crippen molar-refractivity contribution < 1.29 is 0 Å². The second kappa shape index (κ2) is 8.95. The largest absolute Gasteiger partial charge is 0.192 e. The first-order valence-electron chi connectivity index (χ1n) is 9.13. The third-order valence-corrected chi connectivity index (χ3v) is 8.82. The van der Waals surface area contributed by atoms with Gasteiger partial charge < -0.3 is 0 Å². The third kappa shape index (κ3) is 4.53. The Hall–Kier alpha value is -2.74. The fraction of sp³-hybridized carbons (Fsp3) is 0.0833. The number of allylic oxidation sites excluding steroid dienone is 1. The molecule has 4 aromatic heterocycles. The highest BCUT2D eigenvalue weighted by Gasteiger charge is 2.12. The Morgan fingerprint density at radius 1 is 0.733 bits per heavy atom. The molecular weight excluding hydrogens is 445 g/mol. The van der Waals surface area contributed by atoms with Crippen molar-refractivity contribution in [3.05, 3.63) is 73.1 Å². The fourth-order valence-corrected chi connectivity index (χ4v) is 6.90. The number of aryl methyl sites for hydroxylation is 2. The molecule has 0 radical (unpaired) electrons. The minimum atomic E-state index is 0.123. The first-order valence-corrected chi connectivity index (χ1v) is 12.4. The molecule has 0 aliphatic rings. The van der Waals surface area contributed by atoms with E-state index in [0.717, 1.165) is 9.75 Å². The molecule has 146 valence electrons. The van der Waals surface area contributed by atoms with Crippen LogP contribution in [0.5, 0.6) is 0 Å². The summed E-state index contributed by atoms with van der Waals surface area (Å²) >= 11 is 7.06. The molecule has 0 aromatic carbocycles. The molecule has 2 nitrogen and oxygen atoms in total. The summed E-state index contributed by atoms with van der Waals surface area (Å²) in [5.74, 6) is 0. The van der Waals surface area contributed by atoms with Crippen LogP contribution in [0.1, 0.15) is 25.1 Å². The fourth-order valence-electron chi connectivity index (χ4n) is 2.95. The summed E-state index contributed by atoms with van der Waals surface area (Å²) in [4.78, 5) is 9.83. The van der Waals surface area contributed by atoms with E-state index < -0.39 is 0 Å². The number of rotatable bonds is 5. The zero-order chi connectivity index (χ0) is 21.1. The van der Waals surface area contributed by atoms with Crippen LogP contribution in [0.2, 0.25) is 0 Å². The minimum absolute atomic E-state index is 0.123. The highest BCUT2D eigenvalue weighted by molar-refractivity contribution is 7.26. The van der Waals surface area contributed by atoms with E-state index in [4.69, 9.17) is 10.5 Å². The van der Waals surface area contributed by atoms with Crippen molar-refractivity contribution in [1.82, 2.24) is 0 Å². The Balaban J connectivity index is 1.60. The van der Waals surface area contributed by atoms with Gasteiger partial charge in [0.15, 0.2) is 0 Å². The quantitative estimate of drug-likeness (QED) is 0.280. The summed E-state index contributed by atoms with van der Waals surface area (Å²) in [6.45, 7) is 4.28. The average molecular weight is 461 g/mol. The van der Waals surface area contributed by atoms with Crippen molar-refractivity contribution in [3.63, 3.8) is 0 Å². The predicted octanol–water partition coefficient (Wildman–Crippen LogP) is 8.48. The molecule has 0 fully saturated rings. The van der Waals surface area contributed by atoms with Gasteiger partial charge in [0.25, 0.3) is 0 Å². The van der Waals surface area contributed by atoms with E-state index in [9.17, 15) is 0 Å². The van der Waals surface area contributed by atoms with E-state index in [1.807, 2.05) is 58.3 Å². The Morgan fingerprint density at radius 2 is 1.43 bits per heavy atom. The summed E-state index contributed by atoms with van der Waals surface area (Å²) in [5, 5.41) is 17.8. The van der Waals surface area contributed by atoms with Crippen molar-refractivity contribution in [2.45, 2.75) is 13.8 Å². The molecule has 0 aliphatic carbocycles. The van der Waals surface area contributed by atoms with Gasteiger partial charge in [-0.3, -0.25) is 0 Å². The smallest absolute Gasteiger partial charge is 0.131 e. The molecule has 4 aromatic rings. The number of hydrogen-bond donors (Lipinski definition) is 0. The van der Waals surface area contributed by atoms with Crippen molar-refractivity contribution >= 4 is 63.6 Å². The molecule has 0 spiro atoms. The summed E-state index contributed by atoms with van der Waals surface area (Å²) < 4.78 is 0. The number of nitrogens with zero attached hydrogens (tertiary/aromatic N) is 2. The van der Waals surface area contributed by atoms with Crippen molar-refractivity contribution in [1.29, 1.82) is 10.5 Å². The standard InChI is InChI=1S/C24H16N2S4/c1-15-3-8-21(27-15)22-9-10-23(30-22)24-18(11-16(2)28-24)4-5-19-6-7-20(29-19)12-17(13-25)14-26/h3-12H,1-2H3/b5-4+. The lowest BCUT2D eigenvalue weighted by atomic mass is 10.2. The Morgan fingerprint density at radius 3 is 2.17 bits per heavy atom. The van der Waals surface area contributed by atoms with E-state index in [1.54, 1.807) is 17.4 Å². The van der Waals surface area contributed by atoms with E-state index >= 15 is 0 Å². The van der Waals surface area contributed by atoms with Gasteiger partial charge in [-0.15, -0.1) is 45.3 Å². The van der Waals surface area contributed by atoms with Crippen LogP contribution in [0.25, 0.3) is 37.7 Å². The zero-order valence-corrected chi connectivity index (χ0v) is 19.6. The van der Waals surface area contributed by atoms with Crippen LogP contribution in [0, 0.1) is 36.5 Å². The normalized spacial score (nSPS) is 10.8. The second-order valence-electron chi connectivity index (χ2n) is 6.57. The maximum absolute atomic E-state index is 8.92. The third-order valence-electron chi connectivity index (χ3n) is 4.30. The Labute approximate surface area is 191 Å². The van der Waals surface area contributed by atoms with Gasteiger partial charge in [-0.1, -0.05) is 6.08 Å². The summed E-state index contributed by atoms with van der Waals surface area (Å²) in [6, 6.07) is 18.8. The molecule has 6 heteroatoms. The summed E-state index contributed by atoms with van der Waals surface area (Å²) in [7, 11) is 0. The molecule has 0 aliphatic heterocycles. The Bertz CT molecular complexity index is 1330. The Kier molecular flexibility index (Phi) is 6.13. The van der Waals surface area contributed by atoms with E-state index in [0.29, 0.717) is 0 Å². The number of thiophene rings is 4. The molecule has 0 bridgehead atoms. The van der Waals surface area contributed by atoms with Crippen LogP contribution < -0.4 is 0 Å². The molecule has 30 heavy (non-hydrogen) atoms. The molecule has 0 amide bonds. The zero-order valence-electron chi connectivity index (χ0n) is 16.3. The van der Waals surface area contributed by atoms with Crippen LogP contribution in [-0.4, -0.2) is 0 Å². The van der Waals surface area contributed by atoms with Gasteiger partial charge in [0.05, 0.1) is 4.88 Å². The van der Waals surface area contributed by atoms with Gasteiger partial charge in [0.2, 0.25) is 0 Å². The molecule has 0 N–H and O–H groups in total. The van der Waals surface area contributed by atoms with Crippen molar-refractivity contribution in [2.24, 2.45) is 0 Å². The SMILES string of the molecule is Cc1ccc(-c2ccc(-c3sc(C)cc3/C=C/c3ccc(C=C(C#N)C#N)s3)s2)s1. The summed E-state index contributed by atoms with van der Waals surface area (Å²) in [5.41, 5.74) is 1.34. The average Bonchev–Trinajstić information content (AvgIpc) is 3.51. The highest BCUT2D eigenvalue weighted by atomic mass is 32.1. The van der Waals surface area contributed by atoms with E-state index in [1.165, 1.54) is 34.8 Å². The van der Waals surface area contributed by atoms with Gasteiger partial charge in [-0.2, -0.15) is 10.5 Å². The molecule has 4 rings (SSSR count). The lowest BCUT2D eigenvalue weighted by molar-refractivity contribution is 1.47. The summed E-state index contributed by atoms with van der Waals surface area (Å²) in [6.07, 6.45) is 5.88. The van der Waals surface area contributed by atoms with Gasteiger partial charge in [-0.25, -0.2) is 0 Å². The molecular formula is C24H16N2S4. The molecule has 0 saturated heterocycles. The lowest BCUT2D eigenvalue weighted by Gasteiger charge is -1.96. The van der Waals surface area contributed by atoms with Gasteiger partial charge >= 0.3 is 0 Å². The first-order chi connectivity index (χ1) is 14.6. The maximum Gasteiger partial charge on any atom is 0.131 e. The number of nitriles is 2. The highest BCUT2D eigenvalue weighted by Crippen LogP contribution is 2.42. The topological polar surface area (TPSA) is 47.6 Å². The molecule has 4 heterocycles. The molecule has 0 atom stereocenters. The van der Waals surface area contributed by atoms with Gasteiger partial charge in [0.1, 0.15) is 17.7 Å². The van der Waals surface area contributed by atoms with Crippen LogP contribution >= 0.6 is 45.3 Å². The van der Waals surface area contributed by atoms with Crippen LogP contribution in [0.15, 0.2) is 48.0 Å². The number of hydrogen-bond acceptors (Lipinski definition) is 6. The van der Waals surface area contributed by atoms with Crippen LogP contribution in [0.4, 0.5) is 0 Å². The van der Waals surface area contributed by atoms with Crippen LogP contribution in [0.3, 0.4) is 0 Å². The first kappa shape index (κ1) is 20.5. The van der Waals surface area contributed by atoms with Crippen LogP contribution in [-0.2, 0) is 0 Å². The lowest BCUT2D eigenvalue weighted by Crippen LogP contribution is -1.70. The monoisotopic (exact) mass is 460 g/mol. The molecule has 0 saturated carbocycles. The predicted molar refractivity (Wildman–Crippen MR) is 133 cm³/mol. The molecule has 0 unspecified atom stereocenters. The van der Waals surface area contributed by atoms with E-state index in [2.05, 4.69) is 56.3 Å². The van der Waals surface area contributed by atoms with Gasteiger partial charge in [0, 0.05) is 34.1 Å². The second-order valence-corrected chi connectivity index (χ2v) is 11.3. The van der Waals surface area contributed by atoms with Crippen molar-refractivity contribution in [2.75, 3.05) is 0 Å². The van der Waals surface area contributed by atoms with Crippen molar-refractivity contribution in [3.8, 4) is 31.6 Å². The maximum atomic E-state index is 8.92.